The van der Waals surface area contributed by atoms with Crippen molar-refractivity contribution in [2.24, 2.45) is 5.92 Å². The molecule has 0 unspecified atom stereocenters. The van der Waals surface area contributed by atoms with Crippen molar-refractivity contribution < 1.29 is 23.5 Å². The molecule has 1 heterocycles. The van der Waals surface area contributed by atoms with Crippen LogP contribution in [0.2, 0.25) is 5.02 Å². The number of piperidine rings is 1. The molecule has 22 heavy (non-hydrogen) atoms. The summed E-state index contributed by atoms with van der Waals surface area (Å²) in [6.07, 6.45) is 1.17. The van der Waals surface area contributed by atoms with Crippen LogP contribution in [0, 0.1) is 17.6 Å². The van der Waals surface area contributed by atoms with E-state index in [1.807, 2.05) is 5.32 Å². The number of aliphatic hydroxyl groups excluding tert-OH is 1. The Bertz CT molecular complexity index is 566. The highest BCUT2D eigenvalue weighted by molar-refractivity contribution is 6.39. The number of aliphatic hydroxyl groups is 1. The molecule has 0 spiro atoms. The molecule has 0 aliphatic carbocycles. The largest absolute Gasteiger partial charge is 0.396 e. The third kappa shape index (κ3) is 3.72. The van der Waals surface area contributed by atoms with Crippen molar-refractivity contribution in [3.05, 3.63) is 28.8 Å². The van der Waals surface area contributed by atoms with E-state index < -0.39 is 29.1 Å². The summed E-state index contributed by atoms with van der Waals surface area (Å²) < 4.78 is 27.2. The van der Waals surface area contributed by atoms with Gasteiger partial charge in [-0.15, -0.1) is 0 Å². The monoisotopic (exact) mass is 332 g/mol. The molecule has 0 aromatic heterocycles. The van der Waals surface area contributed by atoms with Crippen LogP contribution in [0.1, 0.15) is 12.8 Å². The zero-order valence-corrected chi connectivity index (χ0v) is 12.4. The van der Waals surface area contributed by atoms with Gasteiger partial charge in [0.25, 0.3) is 0 Å². The minimum Gasteiger partial charge on any atom is -0.396 e. The maximum absolute atomic E-state index is 13.6. The predicted molar refractivity (Wildman–Crippen MR) is 76.4 cm³/mol. The second-order valence-electron chi connectivity index (χ2n) is 5.12. The third-order valence-corrected chi connectivity index (χ3v) is 3.82. The predicted octanol–water partition coefficient (Wildman–Crippen LogP) is 1.79. The molecule has 2 rings (SSSR count). The fourth-order valence-electron chi connectivity index (χ4n) is 2.29. The van der Waals surface area contributed by atoms with Gasteiger partial charge in [-0.25, -0.2) is 8.78 Å². The zero-order chi connectivity index (χ0) is 16.3. The van der Waals surface area contributed by atoms with Crippen molar-refractivity contribution in [2.45, 2.75) is 12.8 Å². The molecule has 2 N–H and O–H groups in total. The Hall–Kier alpha value is -1.73. The molecular weight excluding hydrogens is 318 g/mol. The smallest absolute Gasteiger partial charge is 0.314 e. The highest BCUT2D eigenvalue weighted by atomic mass is 35.5. The van der Waals surface area contributed by atoms with Crippen LogP contribution >= 0.6 is 11.6 Å². The number of benzene rings is 1. The molecule has 1 aliphatic rings. The number of nitrogens with zero attached hydrogens (tertiary/aromatic N) is 1. The van der Waals surface area contributed by atoms with Gasteiger partial charge in [0, 0.05) is 24.7 Å². The number of nitrogens with one attached hydrogen (secondary N) is 1. The first kappa shape index (κ1) is 16.6. The van der Waals surface area contributed by atoms with Gasteiger partial charge in [-0.05, 0) is 30.9 Å². The Balaban J connectivity index is 2.02. The molecule has 8 heteroatoms. The van der Waals surface area contributed by atoms with Gasteiger partial charge >= 0.3 is 11.8 Å². The number of halogens is 3. The van der Waals surface area contributed by atoms with Gasteiger partial charge < -0.3 is 15.3 Å². The molecule has 120 valence electrons. The molecule has 0 atom stereocenters. The van der Waals surface area contributed by atoms with Crippen LogP contribution in [-0.4, -0.2) is 41.5 Å². The Kier molecular flexibility index (Phi) is 5.31. The van der Waals surface area contributed by atoms with Crippen LogP contribution in [0.5, 0.6) is 0 Å². The summed E-state index contributed by atoms with van der Waals surface area (Å²) in [6, 6.07) is 1.69. The first-order chi connectivity index (χ1) is 10.4. The van der Waals surface area contributed by atoms with E-state index in [2.05, 4.69) is 0 Å². The average Bonchev–Trinajstić information content (AvgIpc) is 2.50. The normalized spacial score (nSPS) is 15.7. The number of carbonyl (C=O) groups excluding carboxylic acids is 2. The highest BCUT2D eigenvalue weighted by Gasteiger charge is 2.28. The quantitative estimate of drug-likeness (QED) is 0.811. The van der Waals surface area contributed by atoms with Gasteiger partial charge in [0.2, 0.25) is 0 Å². The minimum absolute atomic E-state index is 0.0371. The number of rotatable bonds is 2. The minimum atomic E-state index is -1.11. The van der Waals surface area contributed by atoms with Crippen LogP contribution in [0.15, 0.2) is 12.1 Å². The number of hydrogen-bond donors (Lipinski definition) is 2. The Morgan fingerprint density at radius 3 is 2.32 bits per heavy atom. The van der Waals surface area contributed by atoms with Gasteiger partial charge in [-0.1, -0.05) is 11.6 Å². The molecular formula is C14H15ClF2N2O3. The second-order valence-corrected chi connectivity index (χ2v) is 5.55. The van der Waals surface area contributed by atoms with Crippen molar-refractivity contribution in [3.63, 3.8) is 0 Å². The molecule has 1 saturated heterocycles. The third-order valence-electron chi connectivity index (χ3n) is 3.60. The van der Waals surface area contributed by atoms with Gasteiger partial charge in [0.15, 0.2) is 11.6 Å². The summed E-state index contributed by atoms with van der Waals surface area (Å²) in [7, 11) is 0. The Morgan fingerprint density at radius 2 is 1.82 bits per heavy atom. The number of likely N-dealkylation sites (tertiary alicyclic amines) is 1. The maximum Gasteiger partial charge on any atom is 0.314 e. The highest BCUT2D eigenvalue weighted by Crippen LogP contribution is 2.23. The van der Waals surface area contributed by atoms with E-state index in [1.54, 1.807) is 0 Å². The lowest BCUT2D eigenvalue weighted by Gasteiger charge is -2.30. The van der Waals surface area contributed by atoms with E-state index in [0.717, 1.165) is 12.1 Å². The summed E-state index contributed by atoms with van der Waals surface area (Å²) >= 11 is 5.48. The van der Waals surface area contributed by atoms with E-state index in [4.69, 9.17) is 16.7 Å². The maximum atomic E-state index is 13.6. The van der Waals surface area contributed by atoms with E-state index in [0.29, 0.717) is 25.9 Å². The number of carbonyl (C=O) groups is 2. The molecule has 1 aromatic rings. The second kappa shape index (κ2) is 7.02. The van der Waals surface area contributed by atoms with E-state index in [9.17, 15) is 18.4 Å². The van der Waals surface area contributed by atoms with Crippen LogP contribution in [0.4, 0.5) is 14.5 Å². The number of hydrogen-bond acceptors (Lipinski definition) is 3. The van der Waals surface area contributed by atoms with Gasteiger partial charge in [0.1, 0.15) is 5.69 Å². The average molecular weight is 333 g/mol. The molecule has 1 aromatic carbocycles. The first-order valence-corrected chi connectivity index (χ1v) is 7.15. The van der Waals surface area contributed by atoms with Crippen LogP contribution < -0.4 is 5.32 Å². The molecule has 5 nitrogen and oxygen atoms in total. The fraction of sp³-hybridized carbons (Fsp3) is 0.429. The molecule has 0 bridgehead atoms. The van der Waals surface area contributed by atoms with Crippen LogP contribution in [0.3, 0.4) is 0 Å². The van der Waals surface area contributed by atoms with Crippen molar-refractivity contribution >= 4 is 29.1 Å². The lowest BCUT2D eigenvalue weighted by atomic mass is 9.98. The van der Waals surface area contributed by atoms with Crippen molar-refractivity contribution in [3.8, 4) is 0 Å². The summed E-state index contributed by atoms with van der Waals surface area (Å²) in [4.78, 5) is 25.1. The molecule has 1 aliphatic heterocycles. The number of anilines is 1. The Morgan fingerprint density at radius 1 is 1.27 bits per heavy atom. The van der Waals surface area contributed by atoms with E-state index >= 15 is 0 Å². The molecule has 2 amide bonds. The van der Waals surface area contributed by atoms with Crippen LogP contribution in [0.25, 0.3) is 0 Å². The van der Waals surface area contributed by atoms with Crippen molar-refractivity contribution in [1.29, 1.82) is 0 Å². The van der Waals surface area contributed by atoms with Gasteiger partial charge in [-0.3, -0.25) is 9.59 Å². The molecule has 0 saturated carbocycles. The number of amides is 2. The van der Waals surface area contributed by atoms with Gasteiger partial charge in [-0.2, -0.15) is 0 Å². The lowest BCUT2D eigenvalue weighted by molar-refractivity contribution is -0.144. The van der Waals surface area contributed by atoms with Crippen LogP contribution in [-0.2, 0) is 9.59 Å². The fourth-order valence-corrected chi connectivity index (χ4v) is 2.48. The standard InChI is InChI=1S/C14H15ClF2N2O3/c15-9-5-10(16)12(11(17)6-9)18-13(21)14(22)19-3-1-8(7-20)2-4-19/h5-6,8,20H,1-4,7H2,(H,18,21). The van der Waals surface area contributed by atoms with Crippen molar-refractivity contribution in [2.75, 3.05) is 25.0 Å². The Labute approximate surface area is 130 Å². The van der Waals surface area contributed by atoms with E-state index in [1.165, 1.54) is 4.90 Å². The molecule has 1 fully saturated rings. The molecule has 0 radical (unpaired) electrons. The first-order valence-electron chi connectivity index (χ1n) is 6.78. The van der Waals surface area contributed by atoms with E-state index in [-0.39, 0.29) is 17.5 Å². The SMILES string of the molecule is O=C(Nc1c(F)cc(Cl)cc1F)C(=O)N1CCC(CO)CC1. The van der Waals surface area contributed by atoms with Crippen molar-refractivity contribution in [1.82, 2.24) is 4.90 Å². The topological polar surface area (TPSA) is 69.6 Å². The zero-order valence-electron chi connectivity index (χ0n) is 11.6. The summed E-state index contributed by atoms with van der Waals surface area (Å²) in [5.74, 6) is -3.96. The van der Waals surface area contributed by atoms with Gasteiger partial charge in [0.05, 0.1) is 0 Å². The summed E-state index contributed by atoms with van der Waals surface area (Å²) in [6.45, 7) is 0.682. The lowest BCUT2D eigenvalue weighted by Crippen LogP contribution is -2.44. The summed E-state index contributed by atoms with van der Waals surface area (Å²) in [5, 5.41) is 10.8. The summed E-state index contributed by atoms with van der Waals surface area (Å²) in [5.41, 5.74) is -0.701.